The third kappa shape index (κ3) is 5.51. The third-order valence-corrected chi connectivity index (χ3v) is 5.69. The molecule has 2 atom stereocenters. The Morgan fingerprint density at radius 1 is 1.09 bits per heavy atom. The van der Waals surface area contributed by atoms with Crippen LogP contribution in [0.5, 0.6) is 5.75 Å². The molecule has 1 fully saturated rings. The van der Waals surface area contributed by atoms with E-state index in [0.717, 1.165) is 12.0 Å². The first-order valence-corrected chi connectivity index (χ1v) is 11.1. The van der Waals surface area contributed by atoms with E-state index in [4.69, 9.17) is 9.47 Å². The maximum Gasteiger partial charge on any atom is 0.329 e. The molecule has 0 saturated carbocycles. The summed E-state index contributed by atoms with van der Waals surface area (Å²) in [5.41, 5.74) is 2.09. The summed E-state index contributed by atoms with van der Waals surface area (Å²) in [6.45, 7) is 6.15. The first kappa shape index (κ1) is 24.3. The smallest absolute Gasteiger partial charge is 0.329 e. The number of amides is 4. The molecule has 1 aliphatic rings. The van der Waals surface area contributed by atoms with Crippen LogP contribution in [-0.4, -0.2) is 47.6 Å². The lowest BCUT2D eigenvalue weighted by Gasteiger charge is -2.21. The Morgan fingerprint density at radius 3 is 2.45 bits per heavy atom. The second-order valence-electron chi connectivity index (χ2n) is 7.95. The van der Waals surface area contributed by atoms with Crippen LogP contribution in [0.3, 0.4) is 0 Å². The van der Waals surface area contributed by atoms with Gasteiger partial charge in [0.1, 0.15) is 5.75 Å². The number of imide groups is 1. The minimum absolute atomic E-state index is 0.00272. The Labute approximate surface area is 194 Å². The van der Waals surface area contributed by atoms with Crippen molar-refractivity contribution >= 4 is 23.5 Å². The normalized spacial score (nSPS) is 16.8. The van der Waals surface area contributed by atoms with Gasteiger partial charge in [-0.3, -0.25) is 19.4 Å². The average molecular weight is 454 g/mol. The largest absolute Gasteiger partial charge is 0.496 e. The summed E-state index contributed by atoms with van der Waals surface area (Å²) in [7, 11) is 1.52. The fourth-order valence-electron chi connectivity index (χ4n) is 3.61. The summed E-state index contributed by atoms with van der Waals surface area (Å²) in [6.07, 6.45) is -0.260. The molecule has 0 aromatic heterocycles. The molecule has 0 bridgehead atoms. The van der Waals surface area contributed by atoms with E-state index in [-0.39, 0.29) is 24.9 Å². The lowest BCUT2D eigenvalue weighted by Crippen LogP contribution is -2.36. The zero-order valence-electron chi connectivity index (χ0n) is 19.5. The van der Waals surface area contributed by atoms with Gasteiger partial charge in [-0.05, 0) is 37.1 Å². The Morgan fingerprint density at radius 2 is 1.82 bits per heavy atom. The minimum Gasteiger partial charge on any atom is -0.496 e. The number of carbonyl (C=O) groups is 3. The van der Waals surface area contributed by atoms with E-state index >= 15 is 0 Å². The average Bonchev–Trinajstić information content (AvgIpc) is 3.04. The van der Waals surface area contributed by atoms with Crippen LogP contribution in [0.2, 0.25) is 0 Å². The van der Waals surface area contributed by atoms with Crippen molar-refractivity contribution in [1.29, 1.82) is 0 Å². The number of ether oxygens (including phenoxy) is 2. The number of hydrogen-bond acceptors (Lipinski definition) is 5. The molecule has 2 unspecified atom stereocenters. The van der Waals surface area contributed by atoms with Crippen LogP contribution in [0.1, 0.15) is 38.3 Å². The van der Waals surface area contributed by atoms with Crippen molar-refractivity contribution in [1.82, 2.24) is 9.80 Å². The van der Waals surface area contributed by atoms with Gasteiger partial charge < -0.3 is 14.8 Å². The topological polar surface area (TPSA) is 88.2 Å². The van der Waals surface area contributed by atoms with Crippen LogP contribution in [0.4, 0.5) is 10.5 Å². The van der Waals surface area contributed by atoms with E-state index in [9.17, 15) is 14.4 Å². The van der Waals surface area contributed by atoms with E-state index in [1.807, 2.05) is 44.2 Å². The third-order valence-electron chi connectivity index (χ3n) is 5.69. The number of anilines is 1. The summed E-state index contributed by atoms with van der Waals surface area (Å²) in [5, 5.41) is 2.88. The molecule has 0 radical (unpaired) electrons. The van der Waals surface area contributed by atoms with Crippen LogP contribution < -0.4 is 10.1 Å². The monoisotopic (exact) mass is 453 g/mol. The van der Waals surface area contributed by atoms with Crippen molar-refractivity contribution in [2.75, 3.05) is 19.0 Å². The molecule has 1 heterocycles. The van der Waals surface area contributed by atoms with Crippen LogP contribution in [-0.2, 0) is 27.4 Å². The molecule has 176 valence electrons. The summed E-state index contributed by atoms with van der Waals surface area (Å²) >= 11 is 0. The molecule has 2 aromatic rings. The molecule has 3 rings (SSSR count). The van der Waals surface area contributed by atoms with Crippen molar-refractivity contribution in [2.45, 2.75) is 46.5 Å². The molecule has 0 aliphatic carbocycles. The first-order chi connectivity index (χ1) is 15.9. The molecule has 0 spiro atoms. The van der Waals surface area contributed by atoms with E-state index < -0.39 is 18.2 Å². The molecule has 8 nitrogen and oxygen atoms in total. The summed E-state index contributed by atoms with van der Waals surface area (Å²) < 4.78 is 11.1. The lowest BCUT2D eigenvalue weighted by atomic mass is 10.1. The Kier molecular flexibility index (Phi) is 8.06. The quantitative estimate of drug-likeness (QED) is 0.549. The van der Waals surface area contributed by atoms with Gasteiger partial charge in [0.25, 0.3) is 5.91 Å². The number of rotatable bonds is 10. The number of carbonyl (C=O) groups excluding carboxylic acids is 3. The Bertz CT molecular complexity index is 995. The highest BCUT2D eigenvalue weighted by molar-refractivity contribution is 6.03. The molecule has 1 saturated heterocycles. The van der Waals surface area contributed by atoms with Gasteiger partial charge in [0.05, 0.1) is 20.2 Å². The minimum atomic E-state index is -0.984. The molecule has 8 heteroatoms. The molecule has 33 heavy (non-hydrogen) atoms. The van der Waals surface area contributed by atoms with Gasteiger partial charge >= 0.3 is 6.03 Å². The van der Waals surface area contributed by atoms with Gasteiger partial charge in [-0.2, -0.15) is 0 Å². The molecular weight excluding hydrogens is 422 g/mol. The molecule has 2 aromatic carbocycles. The summed E-state index contributed by atoms with van der Waals surface area (Å²) in [5.74, 6) is -0.122. The number of methoxy groups -OCH3 is 1. The Hall–Kier alpha value is -3.39. The number of nitrogens with zero attached hydrogens (tertiary/aromatic N) is 2. The number of nitrogens with one attached hydrogen (secondary N) is 1. The zero-order chi connectivity index (χ0) is 24.0. The second-order valence-corrected chi connectivity index (χ2v) is 7.95. The molecule has 1 N–H and O–H groups in total. The van der Waals surface area contributed by atoms with E-state index in [0.29, 0.717) is 23.6 Å². The summed E-state index contributed by atoms with van der Waals surface area (Å²) in [6, 6.07) is 14.2. The van der Waals surface area contributed by atoms with Gasteiger partial charge in [-0.1, -0.05) is 44.2 Å². The van der Waals surface area contributed by atoms with Gasteiger partial charge in [-0.25, -0.2) is 4.79 Å². The standard InChI is InChI=1S/C25H31N3O5/c1-5-17(3)22(29)26-20-12-13-21(32-4)19(14-20)16-27-23(30)24(33-6-2)28(25(27)31)15-18-10-8-7-9-11-18/h7-14,17,24H,5-6,15-16H2,1-4H3,(H,26,29). The molecule has 4 amide bonds. The van der Waals surface area contributed by atoms with Gasteiger partial charge in [0.2, 0.25) is 12.1 Å². The van der Waals surface area contributed by atoms with Crippen molar-refractivity contribution in [3.63, 3.8) is 0 Å². The van der Waals surface area contributed by atoms with E-state index in [1.165, 1.54) is 16.9 Å². The number of benzene rings is 2. The first-order valence-electron chi connectivity index (χ1n) is 11.1. The van der Waals surface area contributed by atoms with E-state index in [2.05, 4.69) is 5.32 Å². The highest BCUT2D eigenvalue weighted by Gasteiger charge is 2.46. The van der Waals surface area contributed by atoms with Gasteiger partial charge in [0.15, 0.2) is 0 Å². The Balaban J connectivity index is 1.85. The zero-order valence-corrected chi connectivity index (χ0v) is 19.5. The van der Waals surface area contributed by atoms with Crippen LogP contribution in [0.25, 0.3) is 0 Å². The van der Waals surface area contributed by atoms with Gasteiger partial charge in [-0.15, -0.1) is 0 Å². The van der Waals surface area contributed by atoms with Gasteiger partial charge in [0, 0.05) is 23.8 Å². The predicted molar refractivity (Wildman–Crippen MR) is 124 cm³/mol. The number of urea groups is 1. The van der Waals surface area contributed by atoms with Crippen molar-refractivity contribution in [2.24, 2.45) is 5.92 Å². The SMILES string of the molecule is CCOC1C(=O)N(Cc2cc(NC(=O)C(C)CC)ccc2OC)C(=O)N1Cc1ccccc1. The fourth-order valence-corrected chi connectivity index (χ4v) is 3.61. The maximum atomic E-state index is 13.2. The maximum absolute atomic E-state index is 13.2. The highest BCUT2D eigenvalue weighted by atomic mass is 16.5. The van der Waals surface area contributed by atoms with Crippen molar-refractivity contribution in [3.05, 3.63) is 59.7 Å². The second kappa shape index (κ2) is 11.0. The predicted octanol–water partition coefficient (Wildman–Crippen LogP) is 4.01. The van der Waals surface area contributed by atoms with Crippen molar-refractivity contribution < 1.29 is 23.9 Å². The highest BCUT2D eigenvalue weighted by Crippen LogP contribution is 2.29. The molecule has 1 aliphatic heterocycles. The van der Waals surface area contributed by atoms with Crippen LogP contribution >= 0.6 is 0 Å². The van der Waals surface area contributed by atoms with E-state index in [1.54, 1.807) is 25.1 Å². The van der Waals surface area contributed by atoms with Crippen LogP contribution in [0, 0.1) is 5.92 Å². The summed E-state index contributed by atoms with van der Waals surface area (Å²) in [4.78, 5) is 41.3. The number of hydrogen-bond donors (Lipinski definition) is 1. The van der Waals surface area contributed by atoms with Crippen molar-refractivity contribution in [3.8, 4) is 5.75 Å². The lowest BCUT2D eigenvalue weighted by molar-refractivity contribution is -0.142. The molecular formula is C25H31N3O5. The van der Waals surface area contributed by atoms with Crippen LogP contribution in [0.15, 0.2) is 48.5 Å². The fraction of sp³-hybridized carbons (Fsp3) is 0.400.